The number of nitrogens with one attached hydrogen (secondary N) is 1. The van der Waals surface area contributed by atoms with Gasteiger partial charge in [-0.05, 0) is 31.4 Å². The Bertz CT molecular complexity index is 843. The minimum atomic E-state index is -0.316. The zero-order chi connectivity index (χ0) is 18.8. The number of hydrogen-bond acceptors (Lipinski definition) is 5. The summed E-state index contributed by atoms with van der Waals surface area (Å²) in [6.45, 7) is 4.77. The maximum atomic E-state index is 12.1. The van der Waals surface area contributed by atoms with Gasteiger partial charge in [0.05, 0.1) is 12.2 Å². The molecule has 2 atom stereocenters. The van der Waals surface area contributed by atoms with Crippen molar-refractivity contribution in [2.24, 2.45) is 0 Å². The van der Waals surface area contributed by atoms with Crippen LogP contribution < -0.4 is 5.32 Å². The summed E-state index contributed by atoms with van der Waals surface area (Å²) in [6, 6.07) is 3.94. The zero-order valence-corrected chi connectivity index (χ0v) is 15.6. The second-order valence-corrected chi connectivity index (χ2v) is 7.23. The lowest BCUT2D eigenvalue weighted by atomic mass is 10.0. The summed E-state index contributed by atoms with van der Waals surface area (Å²) in [4.78, 5) is 30.1. The summed E-state index contributed by atoms with van der Waals surface area (Å²) >= 11 is 0. The van der Waals surface area contributed by atoms with Crippen LogP contribution in [0.4, 0.5) is 0 Å². The van der Waals surface area contributed by atoms with Crippen molar-refractivity contribution in [3.8, 4) is 0 Å². The minimum Gasteiger partial charge on any atom is -0.368 e. The van der Waals surface area contributed by atoms with E-state index in [4.69, 9.17) is 9.84 Å². The SMILES string of the molecule is CC(=O)N1CC[C@H](c2nn(CCNC(=O)[C@H]3CCCO3)c3ncccc23)C1. The molecule has 2 aliphatic rings. The minimum absolute atomic E-state index is 0.0509. The molecular weight excluding hydrogens is 346 g/mol. The lowest BCUT2D eigenvalue weighted by molar-refractivity contribution is -0.130. The number of ether oxygens (including phenoxy) is 1. The molecule has 0 aliphatic carbocycles. The summed E-state index contributed by atoms with van der Waals surface area (Å²) in [6.07, 6.45) is 4.08. The third kappa shape index (κ3) is 3.66. The van der Waals surface area contributed by atoms with Gasteiger partial charge in [-0.15, -0.1) is 0 Å². The lowest BCUT2D eigenvalue weighted by Gasteiger charge is -2.13. The second kappa shape index (κ2) is 7.64. The molecule has 0 spiro atoms. The van der Waals surface area contributed by atoms with Crippen LogP contribution in [0.25, 0.3) is 11.0 Å². The van der Waals surface area contributed by atoms with Crippen LogP contribution in [-0.2, 0) is 20.9 Å². The number of likely N-dealkylation sites (tertiary alicyclic amines) is 1. The van der Waals surface area contributed by atoms with Crippen LogP contribution in [0.5, 0.6) is 0 Å². The molecule has 2 aromatic heterocycles. The van der Waals surface area contributed by atoms with Gasteiger partial charge in [-0.2, -0.15) is 5.10 Å². The van der Waals surface area contributed by atoms with Gasteiger partial charge < -0.3 is 15.0 Å². The molecule has 0 bridgehead atoms. The van der Waals surface area contributed by atoms with Crippen molar-refractivity contribution in [2.45, 2.75) is 44.8 Å². The van der Waals surface area contributed by atoms with Crippen molar-refractivity contribution in [3.05, 3.63) is 24.0 Å². The maximum Gasteiger partial charge on any atom is 0.249 e. The summed E-state index contributed by atoms with van der Waals surface area (Å²) in [5.41, 5.74) is 1.81. The maximum absolute atomic E-state index is 12.1. The molecule has 2 saturated heterocycles. The standard InChI is InChI=1S/C19H25N5O3/c1-13(25)23-9-6-14(12-23)17-15-4-2-7-20-18(15)24(22-17)10-8-21-19(26)16-5-3-11-27-16/h2,4,7,14,16H,3,5-6,8-12H2,1H3,(H,21,26)/t14-,16+/m0/s1. The molecule has 144 valence electrons. The number of carbonyl (C=O) groups is 2. The van der Waals surface area contributed by atoms with E-state index in [2.05, 4.69) is 10.3 Å². The van der Waals surface area contributed by atoms with Gasteiger partial charge in [-0.25, -0.2) is 9.67 Å². The van der Waals surface area contributed by atoms with E-state index in [1.165, 1.54) is 0 Å². The van der Waals surface area contributed by atoms with E-state index in [-0.39, 0.29) is 23.8 Å². The average Bonchev–Trinajstić information content (AvgIpc) is 3.41. The van der Waals surface area contributed by atoms with Gasteiger partial charge in [0.1, 0.15) is 6.10 Å². The fourth-order valence-corrected chi connectivity index (χ4v) is 3.94. The molecule has 1 N–H and O–H groups in total. The van der Waals surface area contributed by atoms with Crippen LogP contribution in [0, 0.1) is 0 Å². The Balaban J connectivity index is 1.47. The molecule has 27 heavy (non-hydrogen) atoms. The van der Waals surface area contributed by atoms with E-state index in [1.54, 1.807) is 13.1 Å². The van der Waals surface area contributed by atoms with Crippen molar-refractivity contribution < 1.29 is 14.3 Å². The highest BCUT2D eigenvalue weighted by molar-refractivity contribution is 5.81. The van der Waals surface area contributed by atoms with Gasteiger partial charge >= 0.3 is 0 Å². The van der Waals surface area contributed by atoms with Gasteiger partial charge in [0.15, 0.2) is 5.65 Å². The van der Waals surface area contributed by atoms with Crippen LogP contribution in [0.2, 0.25) is 0 Å². The number of pyridine rings is 1. The third-order valence-corrected chi connectivity index (χ3v) is 5.40. The van der Waals surface area contributed by atoms with Crippen molar-refractivity contribution in [1.29, 1.82) is 0 Å². The molecule has 2 aliphatic heterocycles. The van der Waals surface area contributed by atoms with E-state index < -0.39 is 0 Å². The normalized spacial score (nSPS) is 22.5. The Morgan fingerprint density at radius 1 is 1.37 bits per heavy atom. The molecule has 0 radical (unpaired) electrons. The van der Waals surface area contributed by atoms with E-state index in [0.29, 0.717) is 26.2 Å². The summed E-state index contributed by atoms with van der Waals surface area (Å²) < 4.78 is 7.27. The summed E-state index contributed by atoms with van der Waals surface area (Å²) in [5.74, 6) is 0.282. The highest BCUT2D eigenvalue weighted by Crippen LogP contribution is 2.31. The number of nitrogens with zero attached hydrogens (tertiary/aromatic N) is 4. The number of aromatic nitrogens is 3. The first-order valence-electron chi connectivity index (χ1n) is 9.59. The molecule has 8 heteroatoms. The summed E-state index contributed by atoms with van der Waals surface area (Å²) in [5, 5.41) is 8.75. The molecule has 8 nitrogen and oxygen atoms in total. The van der Waals surface area contributed by atoms with Crippen molar-refractivity contribution in [2.75, 3.05) is 26.2 Å². The molecule has 2 aromatic rings. The average molecular weight is 371 g/mol. The fourth-order valence-electron chi connectivity index (χ4n) is 3.94. The van der Waals surface area contributed by atoms with Crippen LogP contribution in [0.1, 0.15) is 37.8 Å². The molecule has 0 aromatic carbocycles. The van der Waals surface area contributed by atoms with Crippen LogP contribution in [0.15, 0.2) is 18.3 Å². The third-order valence-electron chi connectivity index (χ3n) is 5.40. The first-order chi connectivity index (χ1) is 13.1. The Labute approximate surface area is 157 Å². The van der Waals surface area contributed by atoms with E-state index in [0.717, 1.165) is 42.5 Å². The number of amides is 2. The molecule has 0 saturated carbocycles. The van der Waals surface area contributed by atoms with Crippen molar-refractivity contribution >= 4 is 22.8 Å². The first kappa shape index (κ1) is 17.9. The molecular formula is C19H25N5O3. The van der Waals surface area contributed by atoms with Gasteiger partial charge in [-0.1, -0.05) is 0 Å². The molecule has 4 rings (SSSR count). The highest BCUT2D eigenvalue weighted by atomic mass is 16.5. The smallest absolute Gasteiger partial charge is 0.249 e. The number of rotatable bonds is 5. The van der Waals surface area contributed by atoms with Gasteiger partial charge in [0.2, 0.25) is 11.8 Å². The Hall–Kier alpha value is -2.48. The summed E-state index contributed by atoms with van der Waals surface area (Å²) in [7, 11) is 0. The molecule has 4 heterocycles. The van der Waals surface area contributed by atoms with E-state index in [1.807, 2.05) is 21.7 Å². The van der Waals surface area contributed by atoms with E-state index in [9.17, 15) is 9.59 Å². The number of hydrogen-bond donors (Lipinski definition) is 1. The lowest BCUT2D eigenvalue weighted by Crippen LogP contribution is -2.36. The van der Waals surface area contributed by atoms with Crippen LogP contribution in [0.3, 0.4) is 0 Å². The second-order valence-electron chi connectivity index (χ2n) is 7.23. The monoisotopic (exact) mass is 371 g/mol. The van der Waals surface area contributed by atoms with Gasteiger partial charge in [0.25, 0.3) is 0 Å². The molecule has 2 amide bonds. The zero-order valence-electron chi connectivity index (χ0n) is 15.6. The predicted octanol–water partition coefficient (Wildman–Crippen LogP) is 1.06. The Kier molecular flexibility index (Phi) is 5.07. The van der Waals surface area contributed by atoms with Gasteiger partial charge in [-0.3, -0.25) is 9.59 Å². The molecule has 0 unspecified atom stereocenters. The predicted molar refractivity (Wildman–Crippen MR) is 99.1 cm³/mol. The first-order valence-corrected chi connectivity index (χ1v) is 9.59. The van der Waals surface area contributed by atoms with Crippen molar-refractivity contribution in [3.63, 3.8) is 0 Å². The Morgan fingerprint density at radius 2 is 2.26 bits per heavy atom. The van der Waals surface area contributed by atoms with Crippen molar-refractivity contribution in [1.82, 2.24) is 25.0 Å². The van der Waals surface area contributed by atoms with E-state index >= 15 is 0 Å². The van der Waals surface area contributed by atoms with Crippen LogP contribution in [-0.4, -0.2) is 63.8 Å². The van der Waals surface area contributed by atoms with Gasteiger partial charge in [0, 0.05) is 50.7 Å². The van der Waals surface area contributed by atoms with Crippen LogP contribution >= 0.6 is 0 Å². The number of fused-ring (bicyclic) bond motifs is 1. The topological polar surface area (TPSA) is 89.4 Å². The molecule has 2 fully saturated rings. The fraction of sp³-hybridized carbons (Fsp3) is 0.579. The largest absolute Gasteiger partial charge is 0.368 e. The number of carbonyl (C=O) groups excluding carboxylic acids is 2. The Morgan fingerprint density at radius 3 is 3.00 bits per heavy atom. The quantitative estimate of drug-likeness (QED) is 0.849. The highest BCUT2D eigenvalue weighted by Gasteiger charge is 2.29.